The Kier molecular flexibility index (Phi) is 8.77. The molecule has 2 N–H and O–H groups in total. The third kappa shape index (κ3) is 4.57. The number of amides is 2. The molecule has 7 heteroatoms. The second-order valence-electron chi connectivity index (χ2n) is 2.40. The van der Waals surface area contributed by atoms with Gasteiger partial charge in [-0.25, -0.2) is 9.59 Å². The van der Waals surface area contributed by atoms with Gasteiger partial charge in [0.05, 0.1) is 6.61 Å². The fraction of sp³-hybridized carbons (Fsp3) is 0.714. The van der Waals surface area contributed by atoms with Crippen molar-refractivity contribution < 1.29 is 14.3 Å². The summed E-state index contributed by atoms with van der Waals surface area (Å²) in [4.78, 5) is 23.0. The molecule has 0 bridgehead atoms. The van der Waals surface area contributed by atoms with E-state index in [1.165, 1.54) is 7.05 Å². The molecule has 0 aromatic carbocycles. The minimum atomic E-state index is -0.708. The van der Waals surface area contributed by atoms with E-state index in [4.69, 9.17) is 10.5 Å². The standard InChI is InChI=1S/C7H14N2O3S.ClH/c1-3-12-6(10)5(4-13)9(2)7(8)11;/h5,13H,3-4H2,1-2H3,(H2,8,11);1H/t5-;/m0./s1. The number of halogens is 1. The number of thiol groups is 1. The molecule has 0 heterocycles. The Balaban J connectivity index is 0. The summed E-state index contributed by atoms with van der Waals surface area (Å²) in [5.74, 6) is -0.294. The summed E-state index contributed by atoms with van der Waals surface area (Å²) >= 11 is 3.93. The number of urea groups is 1. The summed E-state index contributed by atoms with van der Waals surface area (Å²) in [5, 5.41) is 0. The maximum absolute atomic E-state index is 11.2. The van der Waals surface area contributed by atoms with Crippen molar-refractivity contribution >= 4 is 37.0 Å². The minimum Gasteiger partial charge on any atom is -0.464 e. The molecule has 5 nitrogen and oxygen atoms in total. The van der Waals surface area contributed by atoms with Crippen LogP contribution in [0.1, 0.15) is 6.92 Å². The average molecular weight is 243 g/mol. The van der Waals surface area contributed by atoms with E-state index in [1.807, 2.05) is 0 Å². The molecule has 0 unspecified atom stereocenters. The highest BCUT2D eigenvalue weighted by Crippen LogP contribution is 2.01. The van der Waals surface area contributed by atoms with Crippen molar-refractivity contribution in [1.29, 1.82) is 0 Å². The molecule has 0 radical (unpaired) electrons. The first-order valence-electron chi connectivity index (χ1n) is 3.84. The predicted molar refractivity (Wildman–Crippen MR) is 58.9 cm³/mol. The van der Waals surface area contributed by atoms with E-state index in [0.29, 0.717) is 0 Å². The largest absolute Gasteiger partial charge is 0.464 e. The minimum absolute atomic E-state index is 0. The summed E-state index contributed by atoms with van der Waals surface area (Å²) in [5.41, 5.74) is 4.99. The fourth-order valence-corrected chi connectivity index (χ4v) is 1.14. The lowest BCUT2D eigenvalue weighted by Crippen LogP contribution is -2.47. The van der Waals surface area contributed by atoms with Crippen molar-refractivity contribution in [2.24, 2.45) is 5.73 Å². The molecule has 0 rings (SSSR count). The number of carbonyl (C=O) groups is 2. The van der Waals surface area contributed by atoms with Crippen LogP contribution >= 0.6 is 25.0 Å². The van der Waals surface area contributed by atoms with E-state index in [9.17, 15) is 9.59 Å². The van der Waals surface area contributed by atoms with Crippen molar-refractivity contribution in [3.05, 3.63) is 0 Å². The zero-order valence-corrected chi connectivity index (χ0v) is 9.81. The number of nitrogens with two attached hydrogens (primary N) is 1. The first-order valence-corrected chi connectivity index (χ1v) is 4.47. The van der Waals surface area contributed by atoms with Gasteiger partial charge in [-0.1, -0.05) is 0 Å². The zero-order valence-electron chi connectivity index (χ0n) is 8.10. The molecule has 0 aliphatic heterocycles. The number of hydrogen-bond donors (Lipinski definition) is 2. The summed E-state index contributed by atoms with van der Waals surface area (Å²) < 4.78 is 4.73. The summed E-state index contributed by atoms with van der Waals surface area (Å²) in [6, 6.07) is -1.38. The fourth-order valence-electron chi connectivity index (χ4n) is 0.747. The number of nitrogens with zero attached hydrogens (tertiary/aromatic N) is 1. The van der Waals surface area contributed by atoms with Crippen LogP contribution in [0.4, 0.5) is 4.79 Å². The summed E-state index contributed by atoms with van der Waals surface area (Å²) in [7, 11) is 1.43. The quantitative estimate of drug-likeness (QED) is 0.550. The maximum atomic E-state index is 11.2. The predicted octanol–water partition coefficient (Wildman–Crippen LogP) is 0.280. The van der Waals surface area contributed by atoms with Gasteiger partial charge >= 0.3 is 12.0 Å². The van der Waals surface area contributed by atoms with Crippen molar-refractivity contribution in [1.82, 2.24) is 4.90 Å². The second-order valence-corrected chi connectivity index (χ2v) is 2.76. The number of hydrogen-bond acceptors (Lipinski definition) is 4. The molecule has 0 aromatic heterocycles. The van der Waals surface area contributed by atoms with Crippen LogP contribution in [0.15, 0.2) is 0 Å². The lowest BCUT2D eigenvalue weighted by atomic mass is 10.3. The third-order valence-corrected chi connectivity index (χ3v) is 1.89. The molecule has 0 aliphatic rings. The Morgan fingerprint density at radius 2 is 2.07 bits per heavy atom. The lowest BCUT2D eigenvalue weighted by Gasteiger charge is -2.22. The van der Waals surface area contributed by atoms with Gasteiger partial charge in [-0.15, -0.1) is 12.4 Å². The molecule has 0 saturated heterocycles. The Morgan fingerprint density at radius 1 is 1.57 bits per heavy atom. The molecule has 0 aromatic rings. The SMILES string of the molecule is CCOC(=O)[C@H](CS)N(C)C(N)=O.Cl. The Morgan fingerprint density at radius 3 is 2.36 bits per heavy atom. The van der Waals surface area contributed by atoms with Gasteiger partial charge in [-0.3, -0.25) is 0 Å². The molecule has 0 spiro atoms. The van der Waals surface area contributed by atoms with E-state index in [2.05, 4.69) is 12.6 Å². The van der Waals surface area contributed by atoms with Gasteiger partial charge in [0.1, 0.15) is 6.04 Å². The maximum Gasteiger partial charge on any atom is 0.329 e. The topological polar surface area (TPSA) is 72.6 Å². The number of carbonyl (C=O) groups excluding carboxylic acids is 2. The van der Waals surface area contributed by atoms with E-state index >= 15 is 0 Å². The van der Waals surface area contributed by atoms with E-state index in [0.717, 1.165) is 4.90 Å². The van der Waals surface area contributed by atoms with Crippen LogP contribution in [0, 0.1) is 0 Å². The highest BCUT2D eigenvalue weighted by molar-refractivity contribution is 7.80. The normalized spacial score (nSPS) is 11.1. The van der Waals surface area contributed by atoms with E-state index in [-0.39, 0.29) is 24.8 Å². The van der Waals surface area contributed by atoms with Crippen molar-refractivity contribution in [2.45, 2.75) is 13.0 Å². The van der Waals surface area contributed by atoms with Crippen LogP contribution in [0.5, 0.6) is 0 Å². The van der Waals surface area contributed by atoms with E-state index in [1.54, 1.807) is 6.92 Å². The van der Waals surface area contributed by atoms with Gasteiger partial charge in [0, 0.05) is 12.8 Å². The van der Waals surface area contributed by atoms with Crippen LogP contribution in [-0.4, -0.2) is 42.3 Å². The van der Waals surface area contributed by atoms with Crippen LogP contribution in [0.2, 0.25) is 0 Å². The molecule has 14 heavy (non-hydrogen) atoms. The summed E-state index contributed by atoms with van der Waals surface area (Å²) in [6.07, 6.45) is 0. The van der Waals surface area contributed by atoms with Gasteiger partial charge in [0.2, 0.25) is 0 Å². The molecular formula is C7H15ClN2O3S. The average Bonchev–Trinajstić information content (AvgIpc) is 2.05. The number of primary amides is 1. The third-order valence-electron chi connectivity index (χ3n) is 1.55. The van der Waals surface area contributed by atoms with E-state index < -0.39 is 18.0 Å². The monoisotopic (exact) mass is 242 g/mol. The van der Waals surface area contributed by atoms with Crippen LogP contribution in [0.3, 0.4) is 0 Å². The lowest BCUT2D eigenvalue weighted by molar-refractivity contribution is -0.147. The van der Waals surface area contributed by atoms with Crippen molar-refractivity contribution in [2.75, 3.05) is 19.4 Å². The van der Waals surface area contributed by atoms with Crippen LogP contribution in [-0.2, 0) is 9.53 Å². The van der Waals surface area contributed by atoms with Crippen molar-refractivity contribution in [3.8, 4) is 0 Å². The zero-order chi connectivity index (χ0) is 10.4. The van der Waals surface area contributed by atoms with Crippen molar-refractivity contribution in [3.63, 3.8) is 0 Å². The number of likely N-dealkylation sites (N-methyl/N-ethyl adjacent to an activating group) is 1. The highest BCUT2D eigenvalue weighted by atomic mass is 35.5. The molecule has 1 atom stereocenters. The Hall–Kier alpha value is -0.620. The number of ether oxygens (including phenoxy) is 1. The number of esters is 1. The second kappa shape index (κ2) is 7.75. The van der Waals surface area contributed by atoms with Gasteiger partial charge in [-0.2, -0.15) is 12.6 Å². The number of rotatable bonds is 4. The molecule has 0 saturated carbocycles. The Bertz CT molecular complexity index is 203. The van der Waals surface area contributed by atoms with Crippen LogP contribution in [0.25, 0.3) is 0 Å². The van der Waals surface area contributed by atoms with Gasteiger partial charge in [0.15, 0.2) is 0 Å². The Labute approximate surface area is 94.8 Å². The van der Waals surface area contributed by atoms with Crippen LogP contribution < -0.4 is 5.73 Å². The van der Waals surface area contributed by atoms with Gasteiger partial charge < -0.3 is 15.4 Å². The summed E-state index contributed by atoms with van der Waals surface area (Å²) in [6.45, 7) is 1.97. The molecule has 84 valence electrons. The molecule has 2 amide bonds. The highest BCUT2D eigenvalue weighted by Gasteiger charge is 2.25. The smallest absolute Gasteiger partial charge is 0.329 e. The van der Waals surface area contributed by atoms with Gasteiger partial charge in [-0.05, 0) is 6.92 Å². The molecule has 0 fully saturated rings. The molecule has 0 aliphatic carbocycles. The molecular weight excluding hydrogens is 228 g/mol. The first kappa shape index (κ1) is 15.8. The van der Waals surface area contributed by atoms with Gasteiger partial charge in [0.25, 0.3) is 0 Å². The first-order chi connectivity index (χ1) is 6.04.